The second kappa shape index (κ2) is 7.50. The lowest BCUT2D eigenvalue weighted by atomic mass is 9.98. The highest BCUT2D eigenvalue weighted by Gasteiger charge is 2.43. The molecule has 0 bridgehead atoms. The van der Waals surface area contributed by atoms with Crippen LogP contribution >= 0.6 is 0 Å². The van der Waals surface area contributed by atoms with Crippen LogP contribution in [0.15, 0.2) is 24.3 Å². The van der Waals surface area contributed by atoms with Crippen LogP contribution in [0.1, 0.15) is 37.7 Å². The number of morpholine rings is 1. The van der Waals surface area contributed by atoms with Crippen LogP contribution in [0.2, 0.25) is 0 Å². The highest BCUT2D eigenvalue weighted by molar-refractivity contribution is 5.89. The first-order chi connectivity index (χ1) is 13.1. The molecule has 0 radical (unpaired) electrons. The Balaban J connectivity index is 1.40. The summed E-state index contributed by atoms with van der Waals surface area (Å²) in [5, 5.41) is 0. The van der Waals surface area contributed by atoms with Gasteiger partial charge in [-0.2, -0.15) is 0 Å². The molecule has 3 fully saturated rings. The number of carbonyl (C=O) groups is 2. The molecule has 2 aliphatic heterocycles. The van der Waals surface area contributed by atoms with E-state index in [4.69, 9.17) is 9.47 Å². The zero-order chi connectivity index (χ0) is 18.9. The monoisotopic (exact) mass is 372 g/mol. The number of methoxy groups -OCH3 is 1. The molecule has 0 unspecified atom stereocenters. The van der Waals surface area contributed by atoms with Gasteiger partial charge in [-0.05, 0) is 18.9 Å². The highest BCUT2D eigenvalue weighted by Crippen LogP contribution is 2.36. The number of likely N-dealkylation sites (tertiary alicyclic amines) is 1. The van der Waals surface area contributed by atoms with E-state index in [-0.39, 0.29) is 23.3 Å². The molecule has 27 heavy (non-hydrogen) atoms. The second-order valence-corrected chi connectivity index (χ2v) is 7.99. The van der Waals surface area contributed by atoms with Crippen LogP contribution in [0.3, 0.4) is 0 Å². The van der Waals surface area contributed by atoms with Crippen LogP contribution in [0.25, 0.3) is 0 Å². The van der Waals surface area contributed by atoms with Crippen molar-refractivity contribution in [2.24, 2.45) is 5.92 Å². The molecule has 1 aromatic rings. The average Bonchev–Trinajstić information content (AvgIpc) is 3.28. The van der Waals surface area contributed by atoms with Crippen LogP contribution in [0, 0.1) is 5.92 Å². The fraction of sp³-hybridized carbons (Fsp3) is 0.619. The summed E-state index contributed by atoms with van der Waals surface area (Å²) in [6.45, 7) is 2.90. The third-order valence-corrected chi connectivity index (χ3v) is 6.19. The van der Waals surface area contributed by atoms with Gasteiger partial charge in [0, 0.05) is 38.2 Å². The summed E-state index contributed by atoms with van der Waals surface area (Å²) >= 11 is 0. The minimum absolute atomic E-state index is 0.0445. The maximum Gasteiger partial charge on any atom is 0.228 e. The number of nitrogens with zero attached hydrogens (tertiary/aromatic N) is 2. The van der Waals surface area contributed by atoms with Gasteiger partial charge in [0.25, 0.3) is 0 Å². The van der Waals surface area contributed by atoms with Gasteiger partial charge in [-0.3, -0.25) is 9.59 Å². The maximum absolute atomic E-state index is 13.1. The van der Waals surface area contributed by atoms with E-state index in [1.165, 1.54) is 12.8 Å². The second-order valence-electron chi connectivity index (χ2n) is 7.99. The van der Waals surface area contributed by atoms with Crippen LogP contribution in [-0.4, -0.2) is 60.6 Å². The van der Waals surface area contributed by atoms with Gasteiger partial charge in [-0.15, -0.1) is 0 Å². The molecule has 4 rings (SSSR count). The lowest BCUT2D eigenvalue weighted by Gasteiger charge is -2.41. The number of carbonyl (C=O) groups excluding carboxylic acids is 2. The highest BCUT2D eigenvalue weighted by atomic mass is 16.5. The van der Waals surface area contributed by atoms with E-state index in [1.54, 1.807) is 12.0 Å². The quantitative estimate of drug-likeness (QED) is 0.813. The molecule has 1 spiro atoms. The van der Waals surface area contributed by atoms with Gasteiger partial charge in [-0.25, -0.2) is 0 Å². The van der Waals surface area contributed by atoms with Gasteiger partial charge in [0.15, 0.2) is 0 Å². The third kappa shape index (κ3) is 3.68. The van der Waals surface area contributed by atoms with Crippen molar-refractivity contribution >= 4 is 11.8 Å². The summed E-state index contributed by atoms with van der Waals surface area (Å²) in [7, 11) is 1.63. The third-order valence-electron chi connectivity index (χ3n) is 6.19. The zero-order valence-electron chi connectivity index (χ0n) is 16.0. The molecular formula is C21H28N2O4. The summed E-state index contributed by atoms with van der Waals surface area (Å²) < 4.78 is 11.4. The number of para-hydroxylation sites is 1. The smallest absolute Gasteiger partial charge is 0.228 e. The molecule has 0 N–H and O–H groups in total. The summed E-state index contributed by atoms with van der Waals surface area (Å²) in [5.41, 5.74) is 0.839. The molecule has 2 saturated heterocycles. The predicted octanol–water partition coefficient (Wildman–Crippen LogP) is 2.22. The van der Waals surface area contributed by atoms with Crippen molar-refractivity contribution in [1.29, 1.82) is 0 Å². The van der Waals surface area contributed by atoms with Crippen molar-refractivity contribution < 1.29 is 19.1 Å². The topological polar surface area (TPSA) is 59.1 Å². The number of amides is 2. The van der Waals surface area contributed by atoms with Gasteiger partial charge in [0.1, 0.15) is 5.75 Å². The molecule has 6 heteroatoms. The van der Waals surface area contributed by atoms with Crippen molar-refractivity contribution in [1.82, 2.24) is 9.80 Å². The van der Waals surface area contributed by atoms with Crippen molar-refractivity contribution in [3.63, 3.8) is 0 Å². The first-order valence-electron chi connectivity index (χ1n) is 9.93. The summed E-state index contributed by atoms with van der Waals surface area (Å²) in [5.74, 6) is 0.684. The molecule has 2 amide bonds. The number of hydrogen-bond acceptors (Lipinski definition) is 4. The Labute approximate surface area is 160 Å². The Morgan fingerprint density at radius 1 is 1.30 bits per heavy atom. The van der Waals surface area contributed by atoms with Crippen LogP contribution < -0.4 is 4.74 Å². The summed E-state index contributed by atoms with van der Waals surface area (Å²) in [6.07, 6.45) is 4.74. The van der Waals surface area contributed by atoms with E-state index in [0.29, 0.717) is 39.2 Å². The predicted molar refractivity (Wildman–Crippen MR) is 100 cm³/mol. The minimum atomic E-state index is -0.247. The molecule has 6 nitrogen and oxygen atoms in total. The normalized spacial score (nSPS) is 24.6. The number of benzene rings is 1. The molecule has 146 valence electrons. The van der Waals surface area contributed by atoms with Crippen molar-refractivity contribution in [2.45, 2.75) is 44.2 Å². The van der Waals surface area contributed by atoms with Crippen LogP contribution in [-0.2, 0) is 20.9 Å². The van der Waals surface area contributed by atoms with E-state index in [1.807, 2.05) is 29.2 Å². The SMILES string of the molecule is COc1ccccc1CN1C[C@@H](C(=O)N2CCOC3(CCCC3)C2)CC1=O. The Bertz CT molecular complexity index is 714. The van der Waals surface area contributed by atoms with Gasteiger partial charge in [-0.1, -0.05) is 31.0 Å². The Kier molecular flexibility index (Phi) is 5.08. The zero-order valence-corrected chi connectivity index (χ0v) is 16.0. The van der Waals surface area contributed by atoms with E-state index in [9.17, 15) is 9.59 Å². The first-order valence-corrected chi connectivity index (χ1v) is 9.93. The van der Waals surface area contributed by atoms with Gasteiger partial charge >= 0.3 is 0 Å². The maximum atomic E-state index is 13.1. The summed E-state index contributed by atoms with van der Waals surface area (Å²) in [4.78, 5) is 29.3. The lowest BCUT2D eigenvalue weighted by Crippen LogP contribution is -2.53. The fourth-order valence-electron chi connectivity index (χ4n) is 4.74. The number of ether oxygens (including phenoxy) is 2. The van der Waals surface area contributed by atoms with E-state index < -0.39 is 0 Å². The number of hydrogen-bond donors (Lipinski definition) is 0. The minimum Gasteiger partial charge on any atom is -0.496 e. The van der Waals surface area contributed by atoms with Crippen molar-refractivity contribution in [2.75, 3.05) is 33.4 Å². The van der Waals surface area contributed by atoms with Crippen molar-refractivity contribution in [3.8, 4) is 5.75 Å². The molecule has 0 aromatic heterocycles. The van der Waals surface area contributed by atoms with Crippen molar-refractivity contribution in [3.05, 3.63) is 29.8 Å². The summed E-state index contributed by atoms with van der Waals surface area (Å²) in [6, 6.07) is 7.72. The van der Waals surface area contributed by atoms with Gasteiger partial charge < -0.3 is 19.3 Å². The van der Waals surface area contributed by atoms with E-state index >= 15 is 0 Å². The molecular weight excluding hydrogens is 344 g/mol. The molecule has 3 aliphatic rings. The largest absolute Gasteiger partial charge is 0.496 e. The average molecular weight is 372 g/mol. The van der Waals surface area contributed by atoms with Crippen LogP contribution in [0.5, 0.6) is 5.75 Å². The first kappa shape index (κ1) is 18.3. The lowest BCUT2D eigenvalue weighted by molar-refractivity contribution is -0.153. The van der Waals surface area contributed by atoms with Gasteiger partial charge in [0.05, 0.1) is 25.2 Å². The Morgan fingerprint density at radius 2 is 2.07 bits per heavy atom. The van der Waals surface area contributed by atoms with E-state index in [2.05, 4.69) is 0 Å². The molecule has 1 aliphatic carbocycles. The Morgan fingerprint density at radius 3 is 2.85 bits per heavy atom. The fourth-order valence-corrected chi connectivity index (χ4v) is 4.74. The standard InChI is InChI=1S/C21H28N2O4/c1-26-18-7-3-2-6-16(18)13-23-14-17(12-19(23)24)20(25)22-10-11-27-21(15-22)8-4-5-9-21/h2-3,6-7,17H,4-5,8-15H2,1H3/t17-/m0/s1. The van der Waals surface area contributed by atoms with Crippen LogP contribution in [0.4, 0.5) is 0 Å². The molecule has 1 aromatic carbocycles. The molecule has 2 heterocycles. The van der Waals surface area contributed by atoms with Gasteiger partial charge in [0.2, 0.25) is 11.8 Å². The molecule has 1 atom stereocenters. The number of rotatable bonds is 4. The molecule has 1 saturated carbocycles. The Hall–Kier alpha value is -2.08. The van der Waals surface area contributed by atoms with E-state index in [0.717, 1.165) is 24.2 Å².